The molecular formula is C43H59NO7. The number of rotatable bonds is 5. The summed E-state index contributed by atoms with van der Waals surface area (Å²) < 4.78 is 12.9. The molecule has 1 aromatic heterocycles. The molecule has 5 N–H and O–H groups in total. The first-order chi connectivity index (χ1) is 23.6. The third-order valence-electron chi connectivity index (χ3n) is 15.5. The Morgan fingerprint density at radius 1 is 1.08 bits per heavy atom. The molecule has 6 aliphatic rings. The number of nitrogens with one attached hydrogen (secondary N) is 1. The fourth-order valence-electron chi connectivity index (χ4n) is 12.9. The summed E-state index contributed by atoms with van der Waals surface area (Å²) in [7, 11) is 0. The quantitative estimate of drug-likeness (QED) is 0.204. The standard InChI is InChI=1S/C43H59NO7/c1-21(2)11-13-24-31-25(28-19-38(4,5)51-39(6,7)32(28)35(31)46)18-26-27-17-23-12-14-30-40(8,42(23,10)36(27)44-33(24)26)15-16-43(49)41(30,9)20-29(50-43)34(45)22(3)37(47)48/h11,18-19,22-23,29-30,32,34-35,44-46,49H,12-17,20H2,1-10H3,(H,47,48). The maximum atomic E-state index is 12.2. The summed E-state index contributed by atoms with van der Waals surface area (Å²) in [6.07, 6.45) is 7.21. The molecule has 0 radical (unpaired) electrons. The minimum absolute atomic E-state index is 0.106. The number of aliphatic hydroxyl groups excluding tert-OH is 2. The number of carboxylic acid groups (broad SMARTS) is 1. The van der Waals surface area contributed by atoms with Gasteiger partial charge in [-0.3, -0.25) is 4.79 Å². The van der Waals surface area contributed by atoms with Crippen LogP contribution in [0.15, 0.2) is 23.8 Å². The maximum Gasteiger partial charge on any atom is 0.308 e. The van der Waals surface area contributed by atoms with Gasteiger partial charge in [-0.2, -0.15) is 0 Å². The van der Waals surface area contributed by atoms with Crippen molar-refractivity contribution in [3.05, 3.63) is 51.7 Å². The van der Waals surface area contributed by atoms with Crippen LogP contribution >= 0.6 is 0 Å². The van der Waals surface area contributed by atoms with Gasteiger partial charge in [0.2, 0.25) is 0 Å². The molecule has 2 saturated carbocycles. The van der Waals surface area contributed by atoms with Gasteiger partial charge in [-0.05, 0) is 144 Å². The lowest BCUT2D eigenvalue weighted by atomic mass is 9.40. The van der Waals surface area contributed by atoms with Gasteiger partial charge in [0, 0.05) is 39.8 Å². The molecule has 8 nitrogen and oxygen atoms in total. The molecule has 2 aliphatic heterocycles. The van der Waals surface area contributed by atoms with Crippen LogP contribution in [-0.2, 0) is 32.5 Å². The molecule has 3 heterocycles. The summed E-state index contributed by atoms with van der Waals surface area (Å²) in [5.74, 6) is -3.09. The molecule has 278 valence electrons. The van der Waals surface area contributed by atoms with Crippen molar-refractivity contribution in [2.45, 2.75) is 155 Å². The van der Waals surface area contributed by atoms with Crippen LogP contribution < -0.4 is 0 Å². The van der Waals surface area contributed by atoms with E-state index in [0.717, 1.165) is 48.7 Å². The van der Waals surface area contributed by atoms with Gasteiger partial charge in [-0.15, -0.1) is 0 Å². The van der Waals surface area contributed by atoms with E-state index >= 15 is 0 Å². The number of aromatic nitrogens is 1. The Hall–Kier alpha value is -2.49. The number of H-pyrrole nitrogens is 1. The normalized spacial score (nSPS) is 41.0. The fourth-order valence-corrected chi connectivity index (χ4v) is 12.9. The fraction of sp³-hybridized carbons (Fsp3) is 0.698. The first kappa shape index (κ1) is 35.5. The predicted molar refractivity (Wildman–Crippen MR) is 197 cm³/mol. The van der Waals surface area contributed by atoms with E-state index in [1.807, 2.05) is 0 Å². The highest BCUT2D eigenvalue weighted by Gasteiger charge is 2.73. The summed E-state index contributed by atoms with van der Waals surface area (Å²) in [6.45, 7) is 21.2. The molecule has 11 unspecified atom stereocenters. The monoisotopic (exact) mass is 701 g/mol. The van der Waals surface area contributed by atoms with Crippen molar-refractivity contribution in [3.63, 3.8) is 0 Å². The molecule has 0 bridgehead atoms. The molecule has 0 spiro atoms. The van der Waals surface area contributed by atoms with E-state index in [2.05, 4.69) is 85.5 Å². The molecule has 2 aromatic rings. The largest absolute Gasteiger partial charge is 0.481 e. The summed E-state index contributed by atoms with van der Waals surface area (Å²) in [6, 6.07) is 2.38. The van der Waals surface area contributed by atoms with Crippen LogP contribution in [0.1, 0.15) is 135 Å². The number of hydrogen-bond donors (Lipinski definition) is 5. The molecule has 1 aromatic carbocycles. The number of fused-ring (bicyclic) bond motifs is 12. The minimum atomic E-state index is -1.42. The van der Waals surface area contributed by atoms with Gasteiger partial charge in [0.1, 0.15) is 0 Å². The minimum Gasteiger partial charge on any atom is -0.481 e. The number of ether oxygens (including phenoxy) is 2. The Balaban J connectivity index is 1.27. The predicted octanol–water partition coefficient (Wildman–Crippen LogP) is 7.52. The number of aromatic amines is 1. The SMILES string of the molecule is CC(C)=CCc1c2c(cc3c4c([nH]c13)C1(C)C(CCC3C5(C)CC(C(O)C(C)C(=O)O)OC5(O)CCC31C)C4)C1=CC(C)(C)OC(C)(C)C1C2O. The highest BCUT2D eigenvalue weighted by Crippen LogP contribution is 2.74. The van der Waals surface area contributed by atoms with Gasteiger partial charge in [0.15, 0.2) is 5.79 Å². The van der Waals surface area contributed by atoms with Crippen LogP contribution in [-0.4, -0.2) is 60.6 Å². The van der Waals surface area contributed by atoms with Gasteiger partial charge in [0.25, 0.3) is 0 Å². The molecule has 8 heteroatoms. The Kier molecular flexibility index (Phi) is 7.53. The summed E-state index contributed by atoms with van der Waals surface area (Å²) in [4.78, 5) is 15.9. The summed E-state index contributed by atoms with van der Waals surface area (Å²) >= 11 is 0. The zero-order chi connectivity index (χ0) is 37.0. The average Bonchev–Trinajstić information content (AvgIpc) is 3.70. The molecular weight excluding hydrogens is 642 g/mol. The lowest BCUT2D eigenvalue weighted by Gasteiger charge is -2.65. The van der Waals surface area contributed by atoms with Crippen LogP contribution in [0, 0.1) is 34.5 Å². The highest BCUT2D eigenvalue weighted by atomic mass is 16.6. The van der Waals surface area contributed by atoms with Gasteiger partial charge < -0.3 is 34.9 Å². The zero-order valence-corrected chi connectivity index (χ0v) is 32.2. The maximum absolute atomic E-state index is 12.2. The topological polar surface area (TPSA) is 132 Å². The van der Waals surface area contributed by atoms with E-state index in [9.17, 15) is 25.2 Å². The second kappa shape index (κ2) is 10.8. The second-order valence-corrected chi connectivity index (χ2v) is 19.4. The molecule has 51 heavy (non-hydrogen) atoms. The molecule has 3 fully saturated rings. The van der Waals surface area contributed by atoms with Gasteiger partial charge in [-0.25, -0.2) is 0 Å². The Morgan fingerprint density at radius 2 is 1.78 bits per heavy atom. The number of benzene rings is 1. The third kappa shape index (κ3) is 4.52. The van der Waals surface area contributed by atoms with E-state index in [-0.39, 0.29) is 22.7 Å². The smallest absolute Gasteiger partial charge is 0.308 e. The first-order valence-corrected chi connectivity index (χ1v) is 19.4. The Bertz CT molecular complexity index is 1900. The number of aliphatic carboxylic acids is 1. The van der Waals surface area contributed by atoms with Crippen LogP contribution in [0.3, 0.4) is 0 Å². The van der Waals surface area contributed by atoms with Crippen molar-refractivity contribution in [1.29, 1.82) is 0 Å². The van der Waals surface area contributed by atoms with Crippen molar-refractivity contribution < 1.29 is 34.7 Å². The number of allylic oxidation sites excluding steroid dienone is 2. The van der Waals surface area contributed by atoms with E-state index in [1.165, 1.54) is 40.3 Å². The highest BCUT2D eigenvalue weighted by molar-refractivity contribution is 5.96. The van der Waals surface area contributed by atoms with Gasteiger partial charge >= 0.3 is 5.97 Å². The van der Waals surface area contributed by atoms with E-state index < -0.39 is 52.6 Å². The number of aliphatic hydroxyl groups is 3. The summed E-state index contributed by atoms with van der Waals surface area (Å²) in [5, 5.41) is 46.4. The van der Waals surface area contributed by atoms with E-state index in [4.69, 9.17) is 9.47 Å². The molecule has 4 aliphatic carbocycles. The first-order valence-electron chi connectivity index (χ1n) is 19.4. The number of hydrogen-bond acceptors (Lipinski definition) is 6. The third-order valence-corrected chi connectivity index (χ3v) is 15.5. The number of carbonyl (C=O) groups is 1. The van der Waals surface area contributed by atoms with Crippen molar-refractivity contribution in [3.8, 4) is 0 Å². The van der Waals surface area contributed by atoms with Crippen LogP contribution in [0.5, 0.6) is 0 Å². The number of carboxylic acids is 1. The molecule has 0 amide bonds. The lowest BCUT2D eigenvalue weighted by molar-refractivity contribution is -0.301. The second-order valence-electron chi connectivity index (χ2n) is 19.4. The Morgan fingerprint density at radius 3 is 2.45 bits per heavy atom. The van der Waals surface area contributed by atoms with Crippen molar-refractivity contribution in [1.82, 2.24) is 4.98 Å². The zero-order valence-electron chi connectivity index (χ0n) is 32.2. The van der Waals surface area contributed by atoms with Crippen molar-refractivity contribution in [2.24, 2.45) is 34.5 Å². The van der Waals surface area contributed by atoms with Crippen LogP contribution in [0.2, 0.25) is 0 Å². The molecule has 11 atom stereocenters. The van der Waals surface area contributed by atoms with Crippen LogP contribution in [0.4, 0.5) is 0 Å². The molecule has 8 rings (SSSR count). The van der Waals surface area contributed by atoms with Crippen molar-refractivity contribution in [2.75, 3.05) is 0 Å². The van der Waals surface area contributed by atoms with E-state index in [0.29, 0.717) is 18.8 Å². The Labute approximate surface area is 302 Å². The van der Waals surface area contributed by atoms with Gasteiger partial charge in [0.05, 0.1) is 35.4 Å². The van der Waals surface area contributed by atoms with Crippen LogP contribution in [0.25, 0.3) is 16.5 Å². The lowest BCUT2D eigenvalue weighted by Crippen LogP contribution is -2.65. The van der Waals surface area contributed by atoms with E-state index in [1.54, 1.807) is 0 Å². The van der Waals surface area contributed by atoms with Crippen molar-refractivity contribution >= 4 is 22.4 Å². The van der Waals surface area contributed by atoms with Gasteiger partial charge in [-0.1, -0.05) is 32.4 Å². The summed E-state index contributed by atoms with van der Waals surface area (Å²) in [5.41, 5.74) is 7.58. The molecule has 1 saturated heterocycles. The average molecular weight is 702 g/mol.